The van der Waals surface area contributed by atoms with Gasteiger partial charge in [0.25, 0.3) is 6.47 Å². The monoisotopic (exact) mass is 430 g/mol. The van der Waals surface area contributed by atoms with Crippen molar-refractivity contribution in [3.8, 4) is 0 Å². The fraction of sp³-hybridized carbons (Fsp3) is 0.474. The van der Waals surface area contributed by atoms with E-state index in [1.54, 1.807) is 0 Å². The lowest BCUT2D eigenvalue weighted by atomic mass is 10.1. The van der Waals surface area contributed by atoms with Crippen molar-refractivity contribution < 1.29 is 42.9 Å². The summed E-state index contributed by atoms with van der Waals surface area (Å²) >= 11 is 0. The molecule has 3 atom stereocenters. The van der Waals surface area contributed by atoms with Gasteiger partial charge in [0.2, 0.25) is 11.8 Å². The largest absolute Gasteiger partial charge is 0.483 e. The number of halogens is 2. The molecule has 1 aliphatic rings. The number of ether oxygens (including phenoxy) is 1. The Morgan fingerprint density at radius 1 is 1.23 bits per heavy atom. The maximum atomic E-state index is 13.2. The molecule has 2 rings (SSSR count). The molecule has 0 spiro atoms. The van der Waals surface area contributed by atoms with Crippen LogP contribution in [0, 0.1) is 17.6 Å². The van der Waals surface area contributed by atoms with Crippen molar-refractivity contribution in [2.75, 3.05) is 13.7 Å². The van der Waals surface area contributed by atoms with E-state index >= 15 is 0 Å². The molecule has 0 unspecified atom stereocenters. The Morgan fingerprint density at radius 3 is 2.50 bits per heavy atom. The topological polar surface area (TPSA) is 142 Å². The Bertz CT molecular complexity index is 760. The highest BCUT2D eigenvalue weighted by atomic mass is 19.2. The summed E-state index contributed by atoms with van der Waals surface area (Å²) in [7, 11) is 1.21. The first-order valence-electron chi connectivity index (χ1n) is 9.05. The minimum absolute atomic E-state index is 0.0352. The number of methoxy groups -OCH3 is 1. The number of amides is 2. The SMILES string of the molecule is COC(=O)CNC(=O)[C@@H]1C[C@@H](O)[C@H](NC(=O)CCc2ccc(F)c(F)c2)C1.O=CO. The standard InChI is InChI=1S/C18H22F2N2O5.CH2O2/c1-27-17(25)9-21-18(26)11-7-14(15(23)8-11)22-16(24)5-3-10-2-4-12(19)13(20)6-10;2-1-3/h2,4,6,11,14-15,23H,3,5,7-9H2,1H3,(H,21,26)(H,22,24);1H,(H,2,3)/t11-,14+,15+;/m0./s1. The second kappa shape index (κ2) is 12.5. The number of carbonyl (C=O) groups is 4. The van der Waals surface area contributed by atoms with Gasteiger partial charge >= 0.3 is 5.97 Å². The fourth-order valence-corrected chi connectivity index (χ4v) is 2.99. The predicted octanol–water partition coefficient (Wildman–Crippen LogP) is 0.143. The summed E-state index contributed by atoms with van der Waals surface area (Å²) in [6.07, 6.45) is -0.222. The Labute approximate surface area is 171 Å². The van der Waals surface area contributed by atoms with Crippen molar-refractivity contribution in [3.05, 3.63) is 35.4 Å². The molecule has 0 aliphatic heterocycles. The van der Waals surface area contributed by atoms with E-state index in [1.807, 2.05) is 0 Å². The van der Waals surface area contributed by atoms with Crippen molar-refractivity contribution in [1.82, 2.24) is 10.6 Å². The molecule has 2 amide bonds. The normalized spacial score (nSPS) is 19.8. The van der Waals surface area contributed by atoms with E-state index in [0.717, 1.165) is 12.1 Å². The molecular weight excluding hydrogens is 406 g/mol. The van der Waals surface area contributed by atoms with Gasteiger partial charge in [-0.05, 0) is 37.0 Å². The van der Waals surface area contributed by atoms with Crippen molar-refractivity contribution in [1.29, 1.82) is 0 Å². The highest BCUT2D eigenvalue weighted by Gasteiger charge is 2.37. The summed E-state index contributed by atoms with van der Waals surface area (Å²) in [5.41, 5.74) is 0.482. The predicted molar refractivity (Wildman–Crippen MR) is 99.1 cm³/mol. The molecule has 166 valence electrons. The second-order valence-electron chi connectivity index (χ2n) is 6.56. The third-order valence-electron chi connectivity index (χ3n) is 4.51. The van der Waals surface area contributed by atoms with Crippen LogP contribution in [0.15, 0.2) is 18.2 Å². The highest BCUT2D eigenvalue weighted by Crippen LogP contribution is 2.26. The fourth-order valence-electron chi connectivity index (χ4n) is 2.99. The van der Waals surface area contributed by atoms with Crippen LogP contribution < -0.4 is 10.6 Å². The number of hydrogen-bond acceptors (Lipinski definition) is 6. The summed E-state index contributed by atoms with van der Waals surface area (Å²) in [5, 5.41) is 22.0. The molecule has 9 nitrogen and oxygen atoms in total. The van der Waals surface area contributed by atoms with Crippen LogP contribution >= 0.6 is 0 Å². The molecule has 4 N–H and O–H groups in total. The van der Waals surface area contributed by atoms with Crippen LogP contribution in [0.1, 0.15) is 24.8 Å². The number of esters is 1. The minimum atomic E-state index is -0.972. The zero-order valence-corrected chi connectivity index (χ0v) is 16.3. The highest BCUT2D eigenvalue weighted by molar-refractivity contribution is 5.84. The van der Waals surface area contributed by atoms with Crippen molar-refractivity contribution in [2.24, 2.45) is 5.92 Å². The minimum Gasteiger partial charge on any atom is -0.483 e. The van der Waals surface area contributed by atoms with Gasteiger partial charge in [-0.1, -0.05) is 6.07 Å². The van der Waals surface area contributed by atoms with Crippen LogP contribution in [-0.4, -0.2) is 60.3 Å². The van der Waals surface area contributed by atoms with E-state index in [-0.39, 0.29) is 44.6 Å². The van der Waals surface area contributed by atoms with Gasteiger partial charge in [0, 0.05) is 12.3 Å². The molecule has 0 radical (unpaired) electrons. The van der Waals surface area contributed by atoms with E-state index < -0.39 is 41.6 Å². The number of aliphatic hydroxyl groups excluding tert-OH is 1. The Balaban J connectivity index is 0.00000141. The Kier molecular flexibility index (Phi) is 10.4. The lowest BCUT2D eigenvalue weighted by Crippen LogP contribution is -2.40. The second-order valence-corrected chi connectivity index (χ2v) is 6.56. The molecule has 1 aliphatic carbocycles. The summed E-state index contributed by atoms with van der Waals surface area (Å²) in [6.45, 7) is -0.507. The zero-order chi connectivity index (χ0) is 22.7. The van der Waals surface area contributed by atoms with Gasteiger partial charge in [-0.2, -0.15) is 0 Å². The van der Waals surface area contributed by atoms with Gasteiger partial charge in [-0.3, -0.25) is 19.2 Å². The number of rotatable bonds is 7. The molecule has 30 heavy (non-hydrogen) atoms. The van der Waals surface area contributed by atoms with E-state index in [2.05, 4.69) is 15.4 Å². The number of hydrogen-bond donors (Lipinski definition) is 4. The number of carboxylic acid groups (broad SMARTS) is 1. The molecule has 11 heteroatoms. The van der Waals surface area contributed by atoms with Crippen molar-refractivity contribution in [3.63, 3.8) is 0 Å². The number of aryl methyl sites for hydroxylation is 1. The average Bonchev–Trinajstić information content (AvgIpc) is 3.07. The van der Waals surface area contributed by atoms with E-state index in [9.17, 15) is 28.3 Å². The summed E-state index contributed by atoms with van der Waals surface area (Å²) < 4.78 is 30.5. The summed E-state index contributed by atoms with van der Waals surface area (Å²) in [6, 6.07) is 2.85. The molecule has 1 aromatic rings. The van der Waals surface area contributed by atoms with Crippen LogP contribution in [0.25, 0.3) is 0 Å². The first-order chi connectivity index (χ1) is 14.2. The molecule has 1 saturated carbocycles. The van der Waals surface area contributed by atoms with Crippen LogP contribution in [0.4, 0.5) is 8.78 Å². The van der Waals surface area contributed by atoms with Gasteiger partial charge in [0.05, 0.1) is 19.3 Å². The van der Waals surface area contributed by atoms with Crippen molar-refractivity contribution >= 4 is 24.3 Å². The van der Waals surface area contributed by atoms with Gasteiger partial charge in [-0.25, -0.2) is 8.78 Å². The number of benzene rings is 1. The number of nitrogens with one attached hydrogen (secondary N) is 2. The van der Waals surface area contributed by atoms with E-state index in [4.69, 9.17) is 9.90 Å². The lowest BCUT2D eigenvalue weighted by Gasteiger charge is -2.16. The van der Waals surface area contributed by atoms with Gasteiger partial charge < -0.3 is 25.6 Å². The smallest absolute Gasteiger partial charge is 0.325 e. The van der Waals surface area contributed by atoms with E-state index in [0.29, 0.717) is 5.56 Å². The van der Waals surface area contributed by atoms with E-state index in [1.165, 1.54) is 13.2 Å². The molecular formula is C19H24F2N2O7. The van der Waals surface area contributed by atoms with Crippen LogP contribution in [0.5, 0.6) is 0 Å². The maximum Gasteiger partial charge on any atom is 0.325 e. The Hall–Kier alpha value is -3.08. The third-order valence-corrected chi connectivity index (χ3v) is 4.51. The van der Waals surface area contributed by atoms with Crippen LogP contribution in [0.2, 0.25) is 0 Å². The van der Waals surface area contributed by atoms with Gasteiger partial charge in [-0.15, -0.1) is 0 Å². The van der Waals surface area contributed by atoms with Gasteiger partial charge in [0.1, 0.15) is 6.54 Å². The summed E-state index contributed by atoms with van der Waals surface area (Å²) in [4.78, 5) is 43.5. The molecule has 1 aromatic carbocycles. The van der Waals surface area contributed by atoms with Crippen LogP contribution in [0.3, 0.4) is 0 Å². The molecule has 0 aromatic heterocycles. The zero-order valence-electron chi connectivity index (χ0n) is 16.3. The van der Waals surface area contributed by atoms with Gasteiger partial charge in [0.15, 0.2) is 11.6 Å². The van der Waals surface area contributed by atoms with Crippen molar-refractivity contribution in [2.45, 2.75) is 37.8 Å². The molecule has 0 saturated heterocycles. The lowest BCUT2D eigenvalue weighted by molar-refractivity contribution is -0.141. The quantitative estimate of drug-likeness (QED) is 0.356. The number of carbonyl (C=O) groups excluding carboxylic acids is 3. The number of aliphatic hydroxyl groups is 1. The Morgan fingerprint density at radius 2 is 1.90 bits per heavy atom. The average molecular weight is 430 g/mol. The maximum absolute atomic E-state index is 13.2. The molecule has 1 fully saturated rings. The third kappa shape index (κ3) is 8.11. The first kappa shape index (κ1) is 25.0. The molecule has 0 heterocycles. The molecule has 0 bridgehead atoms. The first-order valence-corrected chi connectivity index (χ1v) is 9.05. The summed E-state index contributed by atoms with van der Waals surface area (Å²) in [5.74, 6) is -3.78. The van der Waals surface area contributed by atoms with Crippen LogP contribution in [-0.2, 0) is 30.3 Å².